The standard InChI is InChI=1S/C8H7N3O2S/c1-4-2-7-5(10-8(9)14-7)3-6(4)11(12)13/h2-3H,1H3,(H2,9,10). The topological polar surface area (TPSA) is 82.0 Å². The van der Waals surface area contributed by atoms with Crippen LogP contribution in [-0.2, 0) is 0 Å². The summed E-state index contributed by atoms with van der Waals surface area (Å²) in [7, 11) is 0. The first kappa shape index (κ1) is 8.89. The Kier molecular flexibility index (Phi) is 1.85. The number of hydrogen-bond acceptors (Lipinski definition) is 5. The summed E-state index contributed by atoms with van der Waals surface area (Å²) < 4.78 is 0.880. The van der Waals surface area contributed by atoms with Crippen LogP contribution in [0.4, 0.5) is 10.8 Å². The lowest BCUT2D eigenvalue weighted by Crippen LogP contribution is -1.90. The third kappa shape index (κ3) is 1.29. The lowest BCUT2D eigenvalue weighted by atomic mass is 10.2. The molecule has 0 spiro atoms. The minimum Gasteiger partial charge on any atom is -0.375 e. The maximum Gasteiger partial charge on any atom is 0.274 e. The molecule has 0 amide bonds. The lowest BCUT2D eigenvalue weighted by molar-refractivity contribution is -0.385. The molecule has 0 saturated heterocycles. The Morgan fingerprint density at radius 1 is 1.57 bits per heavy atom. The van der Waals surface area contributed by atoms with Gasteiger partial charge in [0.15, 0.2) is 5.13 Å². The van der Waals surface area contributed by atoms with Crippen molar-refractivity contribution in [3.63, 3.8) is 0 Å². The van der Waals surface area contributed by atoms with E-state index in [0.717, 1.165) is 4.70 Å². The van der Waals surface area contributed by atoms with Gasteiger partial charge in [0.05, 0.1) is 15.1 Å². The van der Waals surface area contributed by atoms with E-state index in [1.54, 1.807) is 13.0 Å². The second-order valence-electron chi connectivity index (χ2n) is 2.92. The van der Waals surface area contributed by atoms with Gasteiger partial charge in [-0.15, -0.1) is 0 Å². The van der Waals surface area contributed by atoms with E-state index in [0.29, 0.717) is 16.2 Å². The molecule has 0 aliphatic rings. The van der Waals surface area contributed by atoms with Gasteiger partial charge in [-0.2, -0.15) is 0 Å². The molecule has 5 nitrogen and oxygen atoms in total. The third-order valence-electron chi connectivity index (χ3n) is 1.92. The number of nitrogens with two attached hydrogens (primary N) is 1. The van der Waals surface area contributed by atoms with Gasteiger partial charge in [0.1, 0.15) is 0 Å². The van der Waals surface area contributed by atoms with Gasteiger partial charge in [-0.3, -0.25) is 10.1 Å². The predicted octanol–water partition coefficient (Wildman–Crippen LogP) is 2.10. The first-order valence-corrected chi connectivity index (χ1v) is 4.70. The summed E-state index contributed by atoms with van der Waals surface area (Å²) >= 11 is 1.33. The number of thiazole rings is 1. The number of nitrogen functional groups attached to an aromatic ring is 1. The SMILES string of the molecule is Cc1cc2sc(N)nc2cc1[N+](=O)[O-]. The van der Waals surface area contributed by atoms with Gasteiger partial charge in [0.25, 0.3) is 5.69 Å². The number of anilines is 1. The van der Waals surface area contributed by atoms with Gasteiger partial charge in [-0.25, -0.2) is 4.98 Å². The number of aryl methyl sites for hydroxylation is 1. The molecule has 0 atom stereocenters. The van der Waals surface area contributed by atoms with E-state index in [9.17, 15) is 10.1 Å². The monoisotopic (exact) mass is 209 g/mol. The van der Waals surface area contributed by atoms with Crippen LogP contribution >= 0.6 is 11.3 Å². The molecule has 0 saturated carbocycles. The minimum atomic E-state index is -0.412. The third-order valence-corrected chi connectivity index (χ3v) is 2.77. The Morgan fingerprint density at radius 2 is 2.29 bits per heavy atom. The molecule has 1 aromatic carbocycles. The number of hydrogen-bond donors (Lipinski definition) is 1. The number of rotatable bonds is 1. The normalized spacial score (nSPS) is 10.6. The van der Waals surface area contributed by atoms with E-state index in [1.165, 1.54) is 17.4 Å². The molecular weight excluding hydrogens is 202 g/mol. The summed E-state index contributed by atoms with van der Waals surface area (Å²) in [5.41, 5.74) is 6.81. The van der Waals surface area contributed by atoms with Crippen molar-refractivity contribution < 1.29 is 4.92 Å². The summed E-state index contributed by atoms with van der Waals surface area (Å²) in [5, 5.41) is 11.1. The number of nitrogens with zero attached hydrogens (tertiary/aromatic N) is 2. The summed E-state index contributed by atoms with van der Waals surface area (Å²) in [6.45, 7) is 1.70. The maximum absolute atomic E-state index is 10.6. The van der Waals surface area contributed by atoms with Crippen LogP contribution in [-0.4, -0.2) is 9.91 Å². The molecule has 0 aliphatic heterocycles. The summed E-state index contributed by atoms with van der Waals surface area (Å²) in [6.07, 6.45) is 0. The molecule has 1 heterocycles. The van der Waals surface area contributed by atoms with Crippen molar-refractivity contribution >= 4 is 32.4 Å². The van der Waals surface area contributed by atoms with Gasteiger partial charge in [0, 0.05) is 11.6 Å². The molecule has 72 valence electrons. The summed E-state index contributed by atoms with van der Waals surface area (Å²) in [5.74, 6) is 0. The van der Waals surface area contributed by atoms with E-state index >= 15 is 0 Å². The molecule has 1 aromatic heterocycles. The highest BCUT2D eigenvalue weighted by atomic mass is 32.1. The Morgan fingerprint density at radius 3 is 2.93 bits per heavy atom. The van der Waals surface area contributed by atoms with E-state index < -0.39 is 4.92 Å². The van der Waals surface area contributed by atoms with Crippen molar-refractivity contribution in [2.24, 2.45) is 0 Å². The van der Waals surface area contributed by atoms with Crippen molar-refractivity contribution in [1.82, 2.24) is 4.98 Å². The van der Waals surface area contributed by atoms with Crippen LogP contribution in [0.25, 0.3) is 10.2 Å². The van der Waals surface area contributed by atoms with E-state index in [4.69, 9.17) is 5.73 Å². The van der Waals surface area contributed by atoms with Crippen molar-refractivity contribution in [3.8, 4) is 0 Å². The number of aromatic nitrogens is 1. The van der Waals surface area contributed by atoms with Gasteiger partial charge >= 0.3 is 0 Å². The van der Waals surface area contributed by atoms with Crippen LogP contribution in [0.2, 0.25) is 0 Å². The number of fused-ring (bicyclic) bond motifs is 1. The number of nitro groups is 1. The Labute approximate surface area is 83.3 Å². The zero-order chi connectivity index (χ0) is 10.3. The molecule has 2 N–H and O–H groups in total. The minimum absolute atomic E-state index is 0.0859. The van der Waals surface area contributed by atoms with Crippen LogP contribution in [0, 0.1) is 17.0 Å². The van der Waals surface area contributed by atoms with Crippen molar-refractivity contribution in [2.75, 3.05) is 5.73 Å². The molecule has 2 rings (SSSR count). The van der Waals surface area contributed by atoms with Crippen LogP contribution in [0.1, 0.15) is 5.56 Å². The second-order valence-corrected chi connectivity index (χ2v) is 3.98. The smallest absolute Gasteiger partial charge is 0.274 e. The van der Waals surface area contributed by atoms with Crippen LogP contribution in [0.5, 0.6) is 0 Å². The Balaban J connectivity index is 2.76. The largest absolute Gasteiger partial charge is 0.375 e. The highest BCUT2D eigenvalue weighted by Gasteiger charge is 2.13. The summed E-state index contributed by atoms with van der Waals surface area (Å²) in [6, 6.07) is 3.19. The maximum atomic E-state index is 10.6. The molecule has 0 bridgehead atoms. The lowest BCUT2D eigenvalue weighted by Gasteiger charge is -1.95. The second kappa shape index (κ2) is 2.91. The Hall–Kier alpha value is -1.69. The average molecular weight is 209 g/mol. The van der Waals surface area contributed by atoms with Gasteiger partial charge in [-0.1, -0.05) is 11.3 Å². The van der Waals surface area contributed by atoms with Gasteiger partial charge in [-0.05, 0) is 13.0 Å². The quantitative estimate of drug-likeness (QED) is 0.575. The molecule has 0 fully saturated rings. The molecule has 6 heteroatoms. The van der Waals surface area contributed by atoms with E-state index in [1.807, 2.05) is 0 Å². The number of nitro benzene ring substituents is 1. The molecule has 0 unspecified atom stereocenters. The molecular formula is C8H7N3O2S. The molecule has 2 aromatic rings. The molecule has 0 aliphatic carbocycles. The fourth-order valence-corrected chi connectivity index (χ4v) is 2.09. The highest BCUT2D eigenvalue weighted by molar-refractivity contribution is 7.22. The van der Waals surface area contributed by atoms with Crippen LogP contribution < -0.4 is 5.73 Å². The fraction of sp³-hybridized carbons (Fsp3) is 0.125. The van der Waals surface area contributed by atoms with Crippen molar-refractivity contribution in [3.05, 3.63) is 27.8 Å². The van der Waals surface area contributed by atoms with Crippen LogP contribution in [0.15, 0.2) is 12.1 Å². The van der Waals surface area contributed by atoms with Crippen molar-refractivity contribution in [2.45, 2.75) is 6.92 Å². The average Bonchev–Trinajstić information content (AvgIpc) is 2.42. The first-order chi connectivity index (χ1) is 6.58. The van der Waals surface area contributed by atoms with E-state index in [-0.39, 0.29) is 5.69 Å². The Bertz CT molecular complexity index is 521. The fourth-order valence-electron chi connectivity index (χ4n) is 1.28. The zero-order valence-corrected chi connectivity index (χ0v) is 8.17. The zero-order valence-electron chi connectivity index (χ0n) is 7.35. The van der Waals surface area contributed by atoms with Gasteiger partial charge < -0.3 is 5.73 Å². The van der Waals surface area contributed by atoms with Crippen molar-refractivity contribution in [1.29, 1.82) is 0 Å². The molecule has 0 radical (unpaired) electrons. The molecule has 14 heavy (non-hydrogen) atoms. The van der Waals surface area contributed by atoms with Gasteiger partial charge in [0.2, 0.25) is 0 Å². The summed E-state index contributed by atoms with van der Waals surface area (Å²) in [4.78, 5) is 14.2. The van der Waals surface area contributed by atoms with E-state index in [2.05, 4.69) is 4.98 Å². The highest BCUT2D eigenvalue weighted by Crippen LogP contribution is 2.29. The predicted molar refractivity (Wildman–Crippen MR) is 55.4 cm³/mol. The first-order valence-electron chi connectivity index (χ1n) is 3.89. The number of benzene rings is 1. The van der Waals surface area contributed by atoms with Crippen LogP contribution in [0.3, 0.4) is 0 Å².